The second-order valence-electron chi connectivity index (χ2n) is 4.62. The highest BCUT2D eigenvalue weighted by Gasteiger charge is 2.29. The van der Waals surface area contributed by atoms with Gasteiger partial charge in [-0.2, -0.15) is 0 Å². The Morgan fingerprint density at radius 3 is 2.84 bits per heavy atom. The Balaban J connectivity index is 2.19. The van der Waals surface area contributed by atoms with Crippen molar-refractivity contribution in [3.8, 4) is 11.5 Å². The van der Waals surface area contributed by atoms with Gasteiger partial charge in [-0.3, -0.25) is 4.79 Å². The second-order valence-corrected chi connectivity index (χ2v) is 5.27. The lowest BCUT2D eigenvalue weighted by atomic mass is 10.1. The standard InChI is InChI=1S/C13H16BrNO4/c1-8-7-19-10(5-14)6-15(8)13(18)9-2-3-11(16)12(17)4-9/h2-4,8,10,16-17H,5-7H2,1H3. The Labute approximate surface area is 119 Å². The molecule has 1 fully saturated rings. The van der Waals surface area contributed by atoms with Gasteiger partial charge in [0.2, 0.25) is 0 Å². The summed E-state index contributed by atoms with van der Waals surface area (Å²) in [5.41, 5.74) is 0.359. The quantitative estimate of drug-likeness (QED) is 0.640. The van der Waals surface area contributed by atoms with Crippen molar-refractivity contribution >= 4 is 21.8 Å². The summed E-state index contributed by atoms with van der Waals surface area (Å²) >= 11 is 3.35. The van der Waals surface area contributed by atoms with Gasteiger partial charge in [-0.15, -0.1) is 0 Å². The summed E-state index contributed by atoms with van der Waals surface area (Å²) < 4.78 is 5.57. The molecule has 0 aliphatic carbocycles. The largest absolute Gasteiger partial charge is 0.504 e. The molecule has 1 saturated heterocycles. The fourth-order valence-corrected chi connectivity index (χ4v) is 2.41. The Bertz CT molecular complexity index is 480. The van der Waals surface area contributed by atoms with Gasteiger partial charge in [0.25, 0.3) is 5.91 Å². The number of carbonyl (C=O) groups excluding carboxylic acids is 1. The van der Waals surface area contributed by atoms with E-state index < -0.39 is 0 Å². The van der Waals surface area contributed by atoms with E-state index in [0.717, 1.165) is 0 Å². The number of rotatable bonds is 2. The summed E-state index contributed by atoms with van der Waals surface area (Å²) in [5, 5.41) is 19.4. The highest BCUT2D eigenvalue weighted by molar-refractivity contribution is 9.09. The van der Waals surface area contributed by atoms with Crippen LogP contribution in [0.5, 0.6) is 11.5 Å². The first kappa shape index (κ1) is 14.1. The van der Waals surface area contributed by atoms with E-state index in [-0.39, 0.29) is 29.6 Å². The third-order valence-electron chi connectivity index (χ3n) is 3.16. The van der Waals surface area contributed by atoms with Crippen LogP contribution in [0.3, 0.4) is 0 Å². The molecule has 0 bridgehead atoms. The Kier molecular flexibility index (Phi) is 4.31. The first-order valence-electron chi connectivity index (χ1n) is 6.03. The van der Waals surface area contributed by atoms with E-state index in [1.165, 1.54) is 18.2 Å². The van der Waals surface area contributed by atoms with E-state index >= 15 is 0 Å². The molecule has 1 aromatic carbocycles. The van der Waals surface area contributed by atoms with E-state index in [0.29, 0.717) is 24.0 Å². The normalized spacial score (nSPS) is 23.4. The van der Waals surface area contributed by atoms with E-state index in [1.807, 2.05) is 6.92 Å². The fourth-order valence-electron chi connectivity index (χ4n) is 2.02. The van der Waals surface area contributed by atoms with Gasteiger partial charge in [0.1, 0.15) is 0 Å². The number of benzene rings is 1. The average Bonchev–Trinajstić information content (AvgIpc) is 2.41. The maximum Gasteiger partial charge on any atom is 0.254 e. The molecule has 0 saturated carbocycles. The number of nitrogens with zero attached hydrogens (tertiary/aromatic N) is 1. The maximum absolute atomic E-state index is 12.4. The molecule has 2 rings (SSSR count). The molecule has 1 heterocycles. The van der Waals surface area contributed by atoms with Crippen molar-refractivity contribution in [3.63, 3.8) is 0 Å². The lowest BCUT2D eigenvalue weighted by Gasteiger charge is -2.37. The van der Waals surface area contributed by atoms with Gasteiger partial charge in [-0.25, -0.2) is 0 Å². The molecule has 6 heteroatoms. The Morgan fingerprint density at radius 1 is 1.47 bits per heavy atom. The summed E-state index contributed by atoms with van der Waals surface area (Å²) in [6.07, 6.45) is -0.0224. The lowest BCUT2D eigenvalue weighted by Crippen LogP contribution is -2.51. The Morgan fingerprint density at radius 2 is 2.21 bits per heavy atom. The van der Waals surface area contributed by atoms with Gasteiger partial charge < -0.3 is 19.8 Å². The number of halogens is 1. The SMILES string of the molecule is CC1COC(CBr)CN1C(=O)c1ccc(O)c(O)c1. The number of hydrogen-bond acceptors (Lipinski definition) is 4. The summed E-state index contributed by atoms with van der Waals surface area (Å²) in [6, 6.07) is 4.08. The molecule has 0 radical (unpaired) electrons. The third kappa shape index (κ3) is 3.01. The molecule has 104 valence electrons. The van der Waals surface area contributed by atoms with Crippen molar-refractivity contribution in [2.75, 3.05) is 18.5 Å². The zero-order valence-corrected chi connectivity index (χ0v) is 12.1. The van der Waals surface area contributed by atoms with Crippen LogP contribution in [-0.2, 0) is 4.74 Å². The smallest absolute Gasteiger partial charge is 0.254 e. The minimum atomic E-state index is -0.288. The number of alkyl halides is 1. The zero-order valence-electron chi connectivity index (χ0n) is 10.5. The number of carbonyl (C=O) groups is 1. The minimum Gasteiger partial charge on any atom is -0.504 e. The van der Waals surface area contributed by atoms with Crippen molar-refractivity contribution in [1.82, 2.24) is 4.90 Å². The first-order valence-corrected chi connectivity index (χ1v) is 7.15. The first-order chi connectivity index (χ1) is 9.02. The van der Waals surface area contributed by atoms with Gasteiger partial charge in [0, 0.05) is 17.4 Å². The van der Waals surface area contributed by atoms with E-state index in [4.69, 9.17) is 4.74 Å². The van der Waals surface area contributed by atoms with Gasteiger partial charge in [-0.1, -0.05) is 15.9 Å². The zero-order chi connectivity index (χ0) is 14.0. The van der Waals surface area contributed by atoms with E-state index in [9.17, 15) is 15.0 Å². The number of aromatic hydroxyl groups is 2. The van der Waals surface area contributed by atoms with Crippen molar-refractivity contribution in [3.05, 3.63) is 23.8 Å². The van der Waals surface area contributed by atoms with Crippen LogP contribution in [0.25, 0.3) is 0 Å². The summed E-state index contributed by atoms with van der Waals surface area (Å²) in [5.74, 6) is -0.689. The number of morpholine rings is 1. The molecule has 2 atom stereocenters. The van der Waals surface area contributed by atoms with Crippen LogP contribution in [-0.4, -0.2) is 51.6 Å². The molecule has 1 aromatic rings. The monoisotopic (exact) mass is 329 g/mol. The number of amides is 1. The summed E-state index contributed by atoms with van der Waals surface area (Å²) in [7, 11) is 0. The highest BCUT2D eigenvalue weighted by Crippen LogP contribution is 2.26. The highest BCUT2D eigenvalue weighted by atomic mass is 79.9. The number of hydrogen-bond donors (Lipinski definition) is 2. The molecule has 19 heavy (non-hydrogen) atoms. The van der Waals surface area contributed by atoms with Crippen molar-refractivity contribution in [1.29, 1.82) is 0 Å². The molecule has 0 aromatic heterocycles. The summed E-state index contributed by atoms with van der Waals surface area (Å²) in [6.45, 7) is 2.92. The van der Waals surface area contributed by atoms with Crippen LogP contribution in [0.1, 0.15) is 17.3 Å². The van der Waals surface area contributed by atoms with Crippen LogP contribution in [0.15, 0.2) is 18.2 Å². The number of phenolic OH excluding ortho intramolecular Hbond substituents is 2. The third-order valence-corrected chi connectivity index (χ3v) is 3.88. The van der Waals surface area contributed by atoms with Crippen LogP contribution >= 0.6 is 15.9 Å². The Hall–Kier alpha value is -1.27. The second kappa shape index (κ2) is 5.79. The van der Waals surface area contributed by atoms with Crippen molar-refractivity contribution in [2.45, 2.75) is 19.1 Å². The van der Waals surface area contributed by atoms with Crippen LogP contribution in [0.2, 0.25) is 0 Å². The molecular weight excluding hydrogens is 314 g/mol. The van der Waals surface area contributed by atoms with Gasteiger partial charge >= 0.3 is 0 Å². The molecular formula is C13H16BrNO4. The summed E-state index contributed by atoms with van der Waals surface area (Å²) in [4.78, 5) is 14.1. The van der Waals surface area contributed by atoms with Gasteiger partial charge in [0.05, 0.1) is 18.8 Å². The number of ether oxygens (including phenoxy) is 1. The van der Waals surface area contributed by atoms with Gasteiger partial charge in [0.15, 0.2) is 11.5 Å². The van der Waals surface area contributed by atoms with Crippen LogP contribution in [0, 0.1) is 0 Å². The van der Waals surface area contributed by atoms with Crippen LogP contribution < -0.4 is 0 Å². The fraction of sp³-hybridized carbons (Fsp3) is 0.462. The molecule has 0 spiro atoms. The predicted octanol–water partition coefficient (Wildman–Crippen LogP) is 1.72. The molecule has 5 nitrogen and oxygen atoms in total. The van der Waals surface area contributed by atoms with E-state index in [1.54, 1.807) is 4.90 Å². The number of phenols is 2. The molecule has 1 aliphatic rings. The minimum absolute atomic E-state index is 0.0151. The van der Waals surface area contributed by atoms with Crippen LogP contribution in [0.4, 0.5) is 0 Å². The molecule has 1 amide bonds. The predicted molar refractivity (Wildman–Crippen MR) is 73.8 cm³/mol. The van der Waals surface area contributed by atoms with E-state index in [2.05, 4.69) is 15.9 Å². The van der Waals surface area contributed by atoms with Gasteiger partial charge in [-0.05, 0) is 25.1 Å². The lowest BCUT2D eigenvalue weighted by molar-refractivity contribution is -0.0361. The topological polar surface area (TPSA) is 70.0 Å². The molecule has 2 N–H and O–H groups in total. The molecule has 2 unspecified atom stereocenters. The van der Waals surface area contributed by atoms with Crippen molar-refractivity contribution < 1.29 is 19.7 Å². The average molecular weight is 330 g/mol. The molecule has 1 aliphatic heterocycles. The maximum atomic E-state index is 12.4. The van der Waals surface area contributed by atoms with Crippen molar-refractivity contribution in [2.24, 2.45) is 0 Å².